The molecular formula is C31H30F3N5O5. The zero-order valence-corrected chi connectivity index (χ0v) is 23.8. The number of alkyl halides is 3. The van der Waals surface area contributed by atoms with Crippen molar-refractivity contribution in [3.8, 4) is 22.9 Å². The number of hydrogen-bond acceptors (Lipinski definition) is 6. The molecule has 3 aromatic carbocycles. The Balaban J connectivity index is 1.15. The van der Waals surface area contributed by atoms with Crippen molar-refractivity contribution in [1.82, 2.24) is 25.1 Å². The molecule has 4 aromatic rings. The fraction of sp³-hybridized carbons (Fsp3) is 0.323. The number of carbonyl (C=O) groups is 2. The minimum atomic E-state index is -4.51. The van der Waals surface area contributed by atoms with Crippen LogP contribution in [0.1, 0.15) is 29.5 Å². The molecule has 1 aromatic heterocycles. The summed E-state index contributed by atoms with van der Waals surface area (Å²) in [5, 5.41) is 13.6. The second-order valence-corrected chi connectivity index (χ2v) is 10.9. The lowest BCUT2D eigenvalue weighted by Gasteiger charge is -2.40. The van der Waals surface area contributed by atoms with Crippen molar-refractivity contribution < 1.29 is 37.3 Å². The van der Waals surface area contributed by atoms with Crippen molar-refractivity contribution in [1.29, 1.82) is 0 Å². The third-order valence-corrected chi connectivity index (χ3v) is 8.09. The Kier molecular flexibility index (Phi) is 7.58. The zero-order valence-electron chi connectivity index (χ0n) is 23.8. The summed E-state index contributed by atoms with van der Waals surface area (Å²) in [7, 11) is 1.45. The summed E-state index contributed by atoms with van der Waals surface area (Å²) in [5.41, 5.74) is 1.83. The number of halogens is 3. The van der Waals surface area contributed by atoms with Crippen LogP contribution in [0.5, 0.6) is 11.8 Å². The average molecular weight is 610 g/mol. The summed E-state index contributed by atoms with van der Waals surface area (Å²) in [6, 6.07) is 16.0. The third kappa shape index (κ3) is 5.87. The Labute approximate surface area is 250 Å². The number of piperidine rings is 1. The van der Waals surface area contributed by atoms with E-state index in [0.29, 0.717) is 36.5 Å². The highest BCUT2D eigenvalue weighted by molar-refractivity contribution is 5.83. The summed E-state index contributed by atoms with van der Waals surface area (Å²) < 4.78 is 50.7. The first-order valence-electron chi connectivity index (χ1n) is 14.1. The molecule has 44 heavy (non-hydrogen) atoms. The van der Waals surface area contributed by atoms with E-state index in [-0.39, 0.29) is 43.5 Å². The number of imidazole rings is 1. The molecule has 0 bridgehead atoms. The standard InChI is InChI=1S/C31H30F3N5O5/c1-35-28(40)44-27-36-24-7-5-20(16-25(24)37-27)19-6-8-26-21(15-19)18-39(13-14-43-26)29(41)38-11-9-30(42,10-12-38)22-3-2-4-23(17-22)31(32,33)34/h2-8,15-17,42H,9-14,18H2,1H3,(H,35,40)(H,36,37). The molecule has 0 spiro atoms. The van der Waals surface area contributed by atoms with Gasteiger partial charge < -0.3 is 34.7 Å². The van der Waals surface area contributed by atoms with E-state index in [4.69, 9.17) is 9.47 Å². The quantitative estimate of drug-likeness (QED) is 0.291. The summed E-state index contributed by atoms with van der Waals surface area (Å²) in [4.78, 5) is 35.7. The number of aromatic amines is 1. The van der Waals surface area contributed by atoms with E-state index < -0.39 is 23.4 Å². The van der Waals surface area contributed by atoms with Gasteiger partial charge in [0.15, 0.2) is 0 Å². The number of aromatic nitrogens is 2. The van der Waals surface area contributed by atoms with Crippen LogP contribution < -0.4 is 14.8 Å². The molecule has 0 unspecified atom stereocenters. The van der Waals surface area contributed by atoms with Gasteiger partial charge in [-0.05, 0) is 65.9 Å². The fourth-order valence-electron chi connectivity index (χ4n) is 5.63. The Morgan fingerprint density at radius 3 is 2.52 bits per heavy atom. The smallest absolute Gasteiger partial charge is 0.416 e. The lowest BCUT2D eigenvalue weighted by molar-refractivity contribution is -0.137. The van der Waals surface area contributed by atoms with E-state index >= 15 is 0 Å². The highest BCUT2D eigenvalue weighted by Gasteiger charge is 2.39. The van der Waals surface area contributed by atoms with Crippen molar-refractivity contribution in [2.75, 3.05) is 33.3 Å². The van der Waals surface area contributed by atoms with Crippen LogP contribution in [0, 0.1) is 0 Å². The maximum atomic E-state index is 13.6. The molecule has 2 aliphatic rings. The number of benzene rings is 3. The number of aliphatic hydroxyl groups is 1. The fourth-order valence-corrected chi connectivity index (χ4v) is 5.63. The van der Waals surface area contributed by atoms with E-state index in [1.54, 1.807) is 9.80 Å². The van der Waals surface area contributed by atoms with E-state index in [1.807, 2.05) is 36.4 Å². The minimum Gasteiger partial charge on any atom is -0.491 e. The number of nitrogens with zero attached hydrogens (tertiary/aromatic N) is 3. The van der Waals surface area contributed by atoms with Crippen molar-refractivity contribution in [3.63, 3.8) is 0 Å². The second kappa shape index (κ2) is 11.4. The van der Waals surface area contributed by atoms with E-state index in [9.17, 15) is 27.9 Å². The summed E-state index contributed by atoms with van der Waals surface area (Å²) in [6.07, 6.45) is -4.90. The molecule has 0 atom stereocenters. The first-order chi connectivity index (χ1) is 21.0. The number of urea groups is 1. The van der Waals surface area contributed by atoms with Gasteiger partial charge in [0.25, 0.3) is 0 Å². The third-order valence-electron chi connectivity index (χ3n) is 8.09. The number of fused-ring (bicyclic) bond motifs is 2. The van der Waals surface area contributed by atoms with Crippen molar-refractivity contribution in [3.05, 3.63) is 77.4 Å². The molecule has 0 aliphatic carbocycles. The lowest BCUT2D eigenvalue weighted by Crippen LogP contribution is -2.50. The summed E-state index contributed by atoms with van der Waals surface area (Å²) in [6.45, 7) is 1.35. The maximum absolute atomic E-state index is 13.6. The van der Waals surface area contributed by atoms with Crippen LogP contribution >= 0.6 is 0 Å². The lowest BCUT2D eigenvalue weighted by atomic mass is 9.84. The zero-order chi connectivity index (χ0) is 31.1. The van der Waals surface area contributed by atoms with Gasteiger partial charge in [-0.1, -0.05) is 24.3 Å². The second-order valence-electron chi connectivity index (χ2n) is 10.9. The Morgan fingerprint density at radius 2 is 1.77 bits per heavy atom. The number of nitrogens with one attached hydrogen (secondary N) is 2. The van der Waals surface area contributed by atoms with Gasteiger partial charge in [-0.2, -0.15) is 18.2 Å². The molecule has 3 amide bonds. The Morgan fingerprint density at radius 1 is 1.02 bits per heavy atom. The number of H-pyrrole nitrogens is 1. The van der Waals surface area contributed by atoms with Crippen LogP contribution in [-0.4, -0.2) is 70.3 Å². The molecule has 3 heterocycles. The van der Waals surface area contributed by atoms with Crippen molar-refractivity contribution in [2.24, 2.45) is 0 Å². The van der Waals surface area contributed by atoms with E-state index in [1.165, 1.54) is 19.2 Å². The van der Waals surface area contributed by atoms with Crippen LogP contribution in [0.15, 0.2) is 60.7 Å². The average Bonchev–Trinajstić information content (AvgIpc) is 3.29. The number of amides is 3. The molecule has 1 fully saturated rings. The summed E-state index contributed by atoms with van der Waals surface area (Å²) in [5.74, 6) is 0.672. The first kappa shape index (κ1) is 29.3. The van der Waals surface area contributed by atoms with Crippen LogP contribution in [-0.2, 0) is 18.3 Å². The van der Waals surface area contributed by atoms with E-state index in [2.05, 4.69) is 15.3 Å². The first-order valence-corrected chi connectivity index (χ1v) is 14.1. The van der Waals surface area contributed by atoms with Gasteiger partial charge in [0.1, 0.15) is 12.4 Å². The number of hydrogen-bond donors (Lipinski definition) is 3. The molecule has 1 saturated heterocycles. The van der Waals surface area contributed by atoms with Crippen molar-refractivity contribution in [2.45, 2.75) is 31.2 Å². The van der Waals surface area contributed by atoms with Crippen LogP contribution in [0.25, 0.3) is 22.2 Å². The van der Waals surface area contributed by atoms with Crippen LogP contribution in [0.2, 0.25) is 0 Å². The van der Waals surface area contributed by atoms with Gasteiger partial charge in [0.05, 0.1) is 35.3 Å². The van der Waals surface area contributed by atoms with Gasteiger partial charge in [-0.15, -0.1) is 0 Å². The molecule has 2 aliphatic heterocycles. The van der Waals surface area contributed by atoms with Crippen LogP contribution in [0.4, 0.5) is 22.8 Å². The highest BCUT2D eigenvalue weighted by atomic mass is 19.4. The number of carbonyl (C=O) groups excluding carboxylic acids is 2. The summed E-state index contributed by atoms with van der Waals surface area (Å²) >= 11 is 0. The van der Waals surface area contributed by atoms with Gasteiger partial charge in [-0.3, -0.25) is 0 Å². The minimum absolute atomic E-state index is 0.0759. The predicted molar refractivity (Wildman–Crippen MR) is 154 cm³/mol. The largest absolute Gasteiger partial charge is 0.491 e. The maximum Gasteiger partial charge on any atom is 0.416 e. The molecular weight excluding hydrogens is 579 g/mol. The normalized spacial score (nSPS) is 16.6. The van der Waals surface area contributed by atoms with Gasteiger partial charge in [-0.25, -0.2) is 9.59 Å². The molecule has 13 heteroatoms. The predicted octanol–water partition coefficient (Wildman–Crippen LogP) is 5.26. The topological polar surface area (TPSA) is 120 Å². The van der Waals surface area contributed by atoms with Crippen molar-refractivity contribution >= 4 is 23.2 Å². The molecule has 0 saturated carbocycles. The van der Waals surface area contributed by atoms with Gasteiger partial charge >= 0.3 is 24.3 Å². The Hall–Kier alpha value is -4.78. The monoisotopic (exact) mass is 609 g/mol. The molecule has 0 radical (unpaired) electrons. The molecule has 3 N–H and O–H groups in total. The molecule has 10 nitrogen and oxygen atoms in total. The van der Waals surface area contributed by atoms with Gasteiger partial charge in [0, 0.05) is 25.7 Å². The molecule has 230 valence electrons. The van der Waals surface area contributed by atoms with Crippen LogP contribution in [0.3, 0.4) is 0 Å². The number of ether oxygens (including phenoxy) is 2. The van der Waals surface area contributed by atoms with Gasteiger partial charge in [0.2, 0.25) is 0 Å². The molecule has 6 rings (SSSR count). The number of likely N-dealkylation sites (tertiary alicyclic amines) is 1. The SMILES string of the molecule is CNC(=O)Oc1nc2ccc(-c3ccc4c(c3)CN(C(=O)N3CCC(O)(c5cccc(C(F)(F)F)c5)CC3)CCO4)cc2[nH]1. The number of rotatable bonds is 3. The Bertz CT molecular complexity index is 1710. The van der Waals surface area contributed by atoms with E-state index in [0.717, 1.165) is 28.8 Å². The highest BCUT2D eigenvalue weighted by Crippen LogP contribution is 2.37.